The summed E-state index contributed by atoms with van der Waals surface area (Å²) in [4.78, 5) is 27.3. The Labute approximate surface area is 125 Å². The van der Waals surface area contributed by atoms with E-state index in [1.807, 2.05) is 0 Å². The van der Waals surface area contributed by atoms with Crippen molar-refractivity contribution in [3.05, 3.63) is 22.9 Å². The fourth-order valence-corrected chi connectivity index (χ4v) is 2.82. The molecule has 0 aliphatic heterocycles. The predicted molar refractivity (Wildman–Crippen MR) is 79.0 cm³/mol. The number of primary amides is 1. The average molecular weight is 341 g/mol. The first-order chi connectivity index (χ1) is 9.56. The number of nitrogens with one attached hydrogen (secondary N) is 2. The van der Waals surface area contributed by atoms with Crippen LogP contribution in [0.2, 0.25) is 0 Å². The van der Waals surface area contributed by atoms with Crippen LogP contribution in [0.4, 0.5) is 10.5 Å². The molecule has 0 unspecified atom stereocenters. The Balaban J connectivity index is 1.94. The smallest absolute Gasteiger partial charge is 0.319 e. The summed E-state index contributed by atoms with van der Waals surface area (Å²) in [5, 5.41) is 5.55. The van der Waals surface area contributed by atoms with E-state index in [9.17, 15) is 9.59 Å². The van der Waals surface area contributed by atoms with Crippen LogP contribution in [0.3, 0.4) is 0 Å². The predicted octanol–water partition coefficient (Wildman–Crippen LogP) is 2.01. The highest BCUT2D eigenvalue weighted by atomic mass is 79.9. The molecule has 1 heterocycles. The first-order valence-corrected chi connectivity index (χ1v) is 7.34. The summed E-state index contributed by atoms with van der Waals surface area (Å²) in [5.74, 6) is -0.625. The van der Waals surface area contributed by atoms with Crippen molar-refractivity contribution in [3.63, 3.8) is 0 Å². The number of hydrogen-bond donors (Lipinski definition) is 3. The maximum absolute atomic E-state index is 12.0. The van der Waals surface area contributed by atoms with Crippen molar-refractivity contribution in [2.45, 2.75) is 31.7 Å². The molecule has 0 aromatic carbocycles. The van der Waals surface area contributed by atoms with Crippen LogP contribution < -0.4 is 16.4 Å². The Kier molecular flexibility index (Phi) is 4.94. The highest BCUT2D eigenvalue weighted by Gasteiger charge is 2.30. The van der Waals surface area contributed by atoms with Gasteiger partial charge in [-0.3, -0.25) is 4.79 Å². The van der Waals surface area contributed by atoms with Crippen molar-refractivity contribution in [3.8, 4) is 0 Å². The minimum Gasteiger partial charge on any atom is -0.369 e. The lowest BCUT2D eigenvalue weighted by Crippen LogP contribution is -2.48. The second kappa shape index (κ2) is 6.69. The standard InChI is InChI=1S/C13H17BrN4O2/c14-11-7-8(5-6-16-11)17-13(20)18-10-4-2-1-3-9(10)12(15)19/h5-7,9-10H,1-4H2,(H2,15,19)(H2,16,17,18,20)/t9-,10+/m1/s1. The van der Waals surface area contributed by atoms with Gasteiger partial charge in [0, 0.05) is 17.9 Å². The fraction of sp³-hybridized carbons (Fsp3) is 0.462. The van der Waals surface area contributed by atoms with E-state index < -0.39 is 0 Å². The van der Waals surface area contributed by atoms with Crippen LogP contribution in [-0.2, 0) is 4.79 Å². The summed E-state index contributed by atoms with van der Waals surface area (Å²) in [7, 11) is 0. The van der Waals surface area contributed by atoms with E-state index in [2.05, 4.69) is 31.5 Å². The summed E-state index contributed by atoms with van der Waals surface area (Å²) in [6, 6.07) is 2.87. The number of aromatic nitrogens is 1. The molecule has 7 heteroatoms. The number of nitrogens with two attached hydrogens (primary N) is 1. The molecule has 2 rings (SSSR count). The molecule has 1 saturated carbocycles. The fourth-order valence-electron chi connectivity index (χ4n) is 2.46. The average Bonchev–Trinajstić information content (AvgIpc) is 2.38. The van der Waals surface area contributed by atoms with Gasteiger partial charge in [-0.2, -0.15) is 0 Å². The van der Waals surface area contributed by atoms with Crippen molar-refractivity contribution in [2.75, 3.05) is 5.32 Å². The van der Waals surface area contributed by atoms with Gasteiger partial charge in [-0.25, -0.2) is 9.78 Å². The Morgan fingerprint density at radius 1 is 1.35 bits per heavy atom. The van der Waals surface area contributed by atoms with Gasteiger partial charge < -0.3 is 16.4 Å². The van der Waals surface area contributed by atoms with Crippen molar-refractivity contribution in [1.82, 2.24) is 10.3 Å². The van der Waals surface area contributed by atoms with Crippen LogP contribution >= 0.6 is 15.9 Å². The van der Waals surface area contributed by atoms with Crippen molar-refractivity contribution in [1.29, 1.82) is 0 Å². The molecule has 4 N–H and O–H groups in total. The number of hydrogen-bond acceptors (Lipinski definition) is 3. The molecule has 20 heavy (non-hydrogen) atoms. The number of carbonyl (C=O) groups is 2. The molecular weight excluding hydrogens is 324 g/mol. The molecule has 1 fully saturated rings. The van der Waals surface area contributed by atoms with Crippen molar-refractivity contribution < 1.29 is 9.59 Å². The minimum atomic E-state index is -0.346. The molecule has 1 aromatic rings. The van der Waals surface area contributed by atoms with Gasteiger partial charge in [0.25, 0.3) is 0 Å². The second-order valence-electron chi connectivity index (χ2n) is 4.87. The summed E-state index contributed by atoms with van der Waals surface area (Å²) < 4.78 is 0.642. The topological polar surface area (TPSA) is 97.1 Å². The zero-order chi connectivity index (χ0) is 14.5. The van der Waals surface area contributed by atoms with Gasteiger partial charge in [-0.05, 0) is 40.9 Å². The van der Waals surface area contributed by atoms with Gasteiger partial charge in [0.15, 0.2) is 0 Å². The molecule has 108 valence electrons. The molecular formula is C13H17BrN4O2. The second-order valence-corrected chi connectivity index (χ2v) is 5.68. The third kappa shape index (κ3) is 3.93. The molecule has 0 saturated heterocycles. The number of urea groups is 1. The number of rotatable bonds is 3. The molecule has 1 aromatic heterocycles. The maximum atomic E-state index is 12.0. The molecule has 0 spiro atoms. The molecule has 0 bridgehead atoms. The van der Waals surface area contributed by atoms with E-state index in [-0.39, 0.29) is 23.9 Å². The van der Waals surface area contributed by atoms with E-state index >= 15 is 0 Å². The van der Waals surface area contributed by atoms with E-state index in [1.165, 1.54) is 0 Å². The normalized spacial score (nSPS) is 22.1. The SMILES string of the molecule is NC(=O)[C@@H]1CCCC[C@@H]1NC(=O)Nc1ccnc(Br)c1. The lowest BCUT2D eigenvalue weighted by atomic mass is 9.84. The summed E-state index contributed by atoms with van der Waals surface area (Å²) in [5.41, 5.74) is 6.02. The van der Waals surface area contributed by atoms with Gasteiger partial charge in [-0.15, -0.1) is 0 Å². The lowest BCUT2D eigenvalue weighted by molar-refractivity contribution is -0.123. The monoisotopic (exact) mass is 340 g/mol. The van der Waals surface area contributed by atoms with Crippen LogP contribution in [-0.4, -0.2) is 23.0 Å². The molecule has 1 aliphatic rings. The number of carbonyl (C=O) groups excluding carboxylic acids is 2. The summed E-state index contributed by atoms with van der Waals surface area (Å²) >= 11 is 3.24. The van der Waals surface area contributed by atoms with Gasteiger partial charge >= 0.3 is 6.03 Å². The summed E-state index contributed by atoms with van der Waals surface area (Å²) in [6.45, 7) is 0. The number of halogens is 1. The van der Waals surface area contributed by atoms with E-state index in [0.717, 1.165) is 25.7 Å². The quantitative estimate of drug-likeness (QED) is 0.734. The number of anilines is 1. The summed E-state index contributed by atoms with van der Waals surface area (Å²) in [6.07, 6.45) is 5.08. The maximum Gasteiger partial charge on any atom is 0.319 e. The van der Waals surface area contributed by atoms with Crippen molar-refractivity contribution in [2.24, 2.45) is 11.7 Å². The third-order valence-corrected chi connectivity index (χ3v) is 3.87. The Bertz CT molecular complexity index is 509. The van der Waals surface area contributed by atoms with Crippen LogP contribution in [0, 0.1) is 5.92 Å². The van der Waals surface area contributed by atoms with Crippen molar-refractivity contribution >= 4 is 33.6 Å². The van der Waals surface area contributed by atoms with Gasteiger partial charge in [0.1, 0.15) is 4.60 Å². The Morgan fingerprint density at radius 2 is 2.10 bits per heavy atom. The zero-order valence-corrected chi connectivity index (χ0v) is 12.5. The largest absolute Gasteiger partial charge is 0.369 e. The molecule has 2 atom stereocenters. The molecule has 1 aliphatic carbocycles. The highest BCUT2D eigenvalue weighted by molar-refractivity contribution is 9.10. The Morgan fingerprint density at radius 3 is 2.80 bits per heavy atom. The molecule has 0 radical (unpaired) electrons. The van der Waals surface area contributed by atoms with Crippen LogP contribution in [0.1, 0.15) is 25.7 Å². The van der Waals surface area contributed by atoms with E-state index in [4.69, 9.17) is 5.73 Å². The van der Waals surface area contributed by atoms with Gasteiger partial charge in [-0.1, -0.05) is 12.8 Å². The van der Waals surface area contributed by atoms with Crippen LogP contribution in [0.15, 0.2) is 22.9 Å². The zero-order valence-electron chi connectivity index (χ0n) is 10.9. The minimum absolute atomic E-state index is 0.188. The number of nitrogens with zero attached hydrogens (tertiary/aromatic N) is 1. The Hall–Kier alpha value is -1.63. The first kappa shape index (κ1) is 14.8. The van der Waals surface area contributed by atoms with Gasteiger partial charge in [0.2, 0.25) is 5.91 Å². The first-order valence-electron chi connectivity index (χ1n) is 6.54. The molecule has 3 amide bonds. The third-order valence-electron chi connectivity index (χ3n) is 3.43. The van der Waals surface area contributed by atoms with Gasteiger partial charge in [0.05, 0.1) is 5.92 Å². The van der Waals surface area contributed by atoms with E-state index in [0.29, 0.717) is 10.3 Å². The number of pyridine rings is 1. The lowest BCUT2D eigenvalue weighted by Gasteiger charge is -2.29. The van der Waals surface area contributed by atoms with E-state index in [1.54, 1.807) is 18.3 Å². The molecule has 6 nitrogen and oxygen atoms in total. The number of amides is 3. The van der Waals surface area contributed by atoms with Crippen LogP contribution in [0.5, 0.6) is 0 Å². The highest BCUT2D eigenvalue weighted by Crippen LogP contribution is 2.24. The van der Waals surface area contributed by atoms with Crippen LogP contribution in [0.25, 0.3) is 0 Å².